The Morgan fingerprint density at radius 3 is 2.76 bits per heavy atom. The second-order valence-electron chi connectivity index (χ2n) is 6.35. The van der Waals surface area contributed by atoms with E-state index in [9.17, 15) is 0 Å². The van der Waals surface area contributed by atoms with E-state index < -0.39 is 0 Å². The molecule has 2 aromatic carbocycles. The summed E-state index contributed by atoms with van der Waals surface area (Å²) < 4.78 is 7.36. The van der Waals surface area contributed by atoms with Crippen LogP contribution >= 0.6 is 0 Å². The lowest BCUT2D eigenvalue weighted by Crippen LogP contribution is -2.28. The molecule has 0 aliphatic carbocycles. The van der Waals surface area contributed by atoms with Crippen LogP contribution in [-0.4, -0.2) is 21.9 Å². The molecule has 2 atom stereocenters. The van der Waals surface area contributed by atoms with Crippen LogP contribution in [0.4, 0.5) is 5.95 Å². The van der Waals surface area contributed by atoms with Gasteiger partial charge in [-0.1, -0.05) is 43.3 Å². The summed E-state index contributed by atoms with van der Waals surface area (Å²) in [6.07, 6.45) is 3.58. The Morgan fingerprint density at radius 2 is 2.00 bits per heavy atom. The van der Waals surface area contributed by atoms with Crippen molar-refractivity contribution in [3.63, 3.8) is 0 Å². The van der Waals surface area contributed by atoms with E-state index in [-0.39, 0.29) is 12.1 Å². The molecule has 2 heterocycles. The molecule has 5 heteroatoms. The summed E-state index contributed by atoms with van der Waals surface area (Å²) in [7, 11) is 1.69. The molecule has 0 saturated heterocycles. The Kier molecular flexibility index (Phi) is 4.14. The Labute approximate surface area is 147 Å². The highest BCUT2D eigenvalue weighted by molar-refractivity contribution is 5.40. The molecule has 0 saturated carbocycles. The van der Waals surface area contributed by atoms with E-state index >= 15 is 0 Å². The minimum absolute atomic E-state index is 0.129. The van der Waals surface area contributed by atoms with Gasteiger partial charge in [-0.2, -0.15) is 10.1 Å². The van der Waals surface area contributed by atoms with Crippen molar-refractivity contribution < 1.29 is 4.74 Å². The number of anilines is 1. The van der Waals surface area contributed by atoms with Gasteiger partial charge in [-0.25, -0.2) is 4.68 Å². The zero-order valence-electron chi connectivity index (χ0n) is 14.5. The van der Waals surface area contributed by atoms with Gasteiger partial charge in [0.25, 0.3) is 0 Å². The number of benzene rings is 2. The van der Waals surface area contributed by atoms with E-state index in [0.717, 1.165) is 24.5 Å². The third kappa shape index (κ3) is 2.97. The van der Waals surface area contributed by atoms with Crippen LogP contribution in [0.5, 0.6) is 5.75 Å². The zero-order chi connectivity index (χ0) is 17.2. The van der Waals surface area contributed by atoms with E-state index in [0.29, 0.717) is 0 Å². The second-order valence-corrected chi connectivity index (χ2v) is 6.35. The monoisotopic (exact) mass is 334 g/mol. The lowest BCUT2D eigenvalue weighted by molar-refractivity contribution is 0.406. The van der Waals surface area contributed by atoms with Gasteiger partial charge in [0, 0.05) is 0 Å². The Morgan fingerprint density at radius 1 is 1.16 bits per heavy atom. The fourth-order valence-electron chi connectivity index (χ4n) is 3.45. The van der Waals surface area contributed by atoms with Gasteiger partial charge in [-0.05, 0) is 41.7 Å². The first-order chi connectivity index (χ1) is 12.3. The van der Waals surface area contributed by atoms with Crippen LogP contribution in [-0.2, 0) is 6.42 Å². The molecule has 1 aliphatic rings. The number of nitrogens with one attached hydrogen (secondary N) is 1. The van der Waals surface area contributed by atoms with Gasteiger partial charge in [0.15, 0.2) is 0 Å². The molecule has 128 valence electrons. The average molecular weight is 334 g/mol. The number of aromatic nitrogens is 3. The quantitative estimate of drug-likeness (QED) is 0.784. The molecule has 0 unspecified atom stereocenters. The fraction of sp³-hybridized carbons (Fsp3) is 0.300. The van der Waals surface area contributed by atoms with E-state index in [1.54, 1.807) is 13.4 Å². The third-order valence-electron chi connectivity index (χ3n) is 4.90. The van der Waals surface area contributed by atoms with Crippen molar-refractivity contribution in [2.24, 2.45) is 0 Å². The smallest absolute Gasteiger partial charge is 0.222 e. The zero-order valence-corrected chi connectivity index (χ0v) is 14.5. The van der Waals surface area contributed by atoms with E-state index in [1.807, 2.05) is 16.8 Å². The van der Waals surface area contributed by atoms with Crippen molar-refractivity contribution in [2.45, 2.75) is 31.8 Å². The standard InChI is InChI=1S/C20H22N4O/c1-3-14-7-9-15(10-8-14)18-12-19(24-20(23-18)21-13-22-24)16-5-4-6-17(11-16)25-2/h4-11,13,18-19H,3,12H2,1-2H3,(H,21,22,23)/t18-,19+/m1/s1. The highest BCUT2D eigenvalue weighted by atomic mass is 16.5. The third-order valence-corrected chi connectivity index (χ3v) is 4.90. The molecule has 1 aliphatic heterocycles. The van der Waals surface area contributed by atoms with Gasteiger partial charge < -0.3 is 10.1 Å². The summed E-state index contributed by atoms with van der Waals surface area (Å²) in [5.41, 5.74) is 3.81. The van der Waals surface area contributed by atoms with E-state index in [2.05, 4.69) is 58.7 Å². The SMILES string of the molecule is CCc1ccc([C@H]2C[C@@H](c3cccc(OC)c3)n3ncnc3N2)cc1. The van der Waals surface area contributed by atoms with Crippen LogP contribution in [0.2, 0.25) is 0 Å². The highest BCUT2D eigenvalue weighted by Crippen LogP contribution is 2.38. The van der Waals surface area contributed by atoms with Crippen LogP contribution in [0.25, 0.3) is 0 Å². The van der Waals surface area contributed by atoms with Gasteiger partial charge in [-0.3, -0.25) is 0 Å². The van der Waals surface area contributed by atoms with Crippen molar-refractivity contribution in [3.05, 3.63) is 71.5 Å². The molecule has 5 nitrogen and oxygen atoms in total. The number of rotatable bonds is 4. The van der Waals surface area contributed by atoms with Gasteiger partial charge in [-0.15, -0.1) is 0 Å². The van der Waals surface area contributed by atoms with Gasteiger partial charge in [0.2, 0.25) is 5.95 Å². The van der Waals surface area contributed by atoms with E-state index in [4.69, 9.17) is 4.74 Å². The summed E-state index contributed by atoms with van der Waals surface area (Å²) in [5, 5.41) is 7.94. The largest absolute Gasteiger partial charge is 0.497 e. The van der Waals surface area contributed by atoms with E-state index in [1.165, 1.54) is 16.7 Å². The summed E-state index contributed by atoms with van der Waals surface area (Å²) in [4.78, 5) is 4.39. The maximum absolute atomic E-state index is 5.39. The number of ether oxygens (including phenoxy) is 1. The first-order valence-corrected chi connectivity index (χ1v) is 8.67. The second kappa shape index (κ2) is 6.59. The summed E-state index contributed by atoms with van der Waals surface area (Å²) >= 11 is 0. The Balaban J connectivity index is 1.69. The van der Waals surface area contributed by atoms with Crippen molar-refractivity contribution in [3.8, 4) is 5.75 Å². The number of fused-ring (bicyclic) bond motifs is 1. The number of nitrogens with zero attached hydrogens (tertiary/aromatic N) is 3. The number of aryl methyl sites for hydroxylation is 1. The molecule has 0 radical (unpaired) electrons. The first-order valence-electron chi connectivity index (χ1n) is 8.67. The maximum atomic E-state index is 5.39. The molecule has 0 bridgehead atoms. The maximum Gasteiger partial charge on any atom is 0.222 e. The highest BCUT2D eigenvalue weighted by Gasteiger charge is 2.30. The van der Waals surface area contributed by atoms with Gasteiger partial charge in [0.1, 0.15) is 12.1 Å². The minimum Gasteiger partial charge on any atom is -0.497 e. The Bertz CT molecular complexity index is 856. The minimum atomic E-state index is 0.129. The van der Waals surface area contributed by atoms with Crippen LogP contribution in [0, 0.1) is 0 Å². The summed E-state index contributed by atoms with van der Waals surface area (Å²) in [6, 6.07) is 17.4. The molecular formula is C20H22N4O. The molecule has 1 aromatic heterocycles. The molecule has 0 amide bonds. The molecule has 3 aromatic rings. The molecule has 4 rings (SSSR count). The molecule has 0 fully saturated rings. The number of methoxy groups -OCH3 is 1. The fourth-order valence-corrected chi connectivity index (χ4v) is 3.45. The number of hydrogen-bond donors (Lipinski definition) is 1. The first kappa shape index (κ1) is 15.7. The van der Waals surface area contributed by atoms with Crippen molar-refractivity contribution in [2.75, 3.05) is 12.4 Å². The molecular weight excluding hydrogens is 312 g/mol. The number of hydrogen-bond acceptors (Lipinski definition) is 4. The lowest BCUT2D eigenvalue weighted by atomic mass is 9.92. The van der Waals surface area contributed by atoms with Crippen molar-refractivity contribution in [1.82, 2.24) is 14.8 Å². The van der Waals surface area contributed by atoms with Crippen LogP contribution in [0.3, 0.4) is 0 Å². The Hall–Kier alpha value is -2.82. The summed E-state index contributed by atoms with van der Waals surface area (Å²) in [5.74, 6) is 1.67. The van der Waals surface area contributed by atoms with Crippen LogP contribution in [0.15, 0.2) is 54.9 Å². The topological polar surface area (TPSA) is 52.0 Å². The van der Waals surface area contributed by atoms with Crippen LogP contribution in [0.1, 0.15) is 42.1 Å². The summed E-state index contributed by atoms with van der Waals surface area (Å²) in [6.45, 7) is 2.18. The molecule has 1 N–H and O–H groups in total. The van der Waals surface area contributed by atoms with Crippen molar-refractivity contribution in [1.29, 1.82) is 0 Å². The van der Waals surface area contributed by atoms with Gasteiger partial charge >= 0.3 is 0 Å². The molecule has 0 spiro atoms. The normalized spacial score (nSPS) is 19.1. The predicted molar refractivity (Wildman–Crippen MR) is 98.0 cm³/mol. The van der Waals surface area contributed by atoms with Crippen LogP contribution < -0.4 is 10.1 Å². The lowest BCUT2D eigenvalue weighted by Gasteiger charge is -2.32. The van der Waals surface area contributed by atoms with Gasteiger partial charge in [0.05, 0.1) is 19.2 Å². The average Bonchev–Trinajstić information content (AvgIpc) is 3.16. The predicted octanol–water partition coefficient (Wildman–Crippen LogP) is 4.00. The van der Waals surface area contributed by atoms with Crippen molar-refractivity contribution >= 4 is 5.95 Å². The molecule has 25 heavy (non-hydrogen) atoms.